The molecule has 16 nitrogen and oxygen atoms in total. The van der Waals surface area contributed by atoms with Gasteiger partial charge in [-0.15, -0.1) is 0 Å². The molecule has 0 aromatic rings. The van der Waals surface area contributed by atoms with Gasteiger partial charge in [0.25, 0.3) is 5.91 Å². The Bertz CT molecular complexity index is 1030. The minimum absolute atomic E-state index is 0.0138. The van der Waals surface area contributed by atoms with Crippen LogP contribution in [0.2, 0.25) is 0 Å². The summed E-state index contributed by atoms with van der Waals surface area (Å²) < 4.78 is 19.8. The van der Waals surface area contributed by atoms with Gasteiger partial charge in [0.05, 0.1) is 13.1 Å². The molecule has 0 aliphatic carbocycles. The van der Waals surface area contributed by atoms with Gasteiger partial charge in [-0.25, -0.2) is 9.59 Å². The van der Waals surface area contributed by atoms with Crippen molar-refractivity contribution in [1.29, 1.82) is 0 Å². The smallest absolute Gasteiger partial charge is 0.331 e. The highest BCUT2D eigenvalue weighted by Gasteiger charge is 2.28. The number of ether oxygens (including phenoxy) is 4. The minimum atomic E-state index is -1.29. The maximum atomic E-state index is 12.7. The summed E-state index contributed by atoms with van der Waals surface area (Å²) in [4.78, 5) is 96.7. The van der Waals surface area contributed by atoms with E-state index in [1.165, 1.54) is 27.9 Å². The molecule has 16 heteroatoms. The quantitative estimate of drug-likeness (QED) is 0.0768. The maximum Gasteiger partial charge on any atom is 0.331 e. The highest BCUT2D eigenvalue weighted by Crippen LogP contribution is 2.10. The molecular formula is C28H46N4O12. The van der Waals surface area contributed by atoms with E-state index in [0.29, 0.717) is 0 Å². The Hall–Kier alpha value is -4.08. The van der Waals surface area contributed by atoms with Crippen LogP contribution in [0.1, 0.15) is 74.1 Å². The van der Waals surface area contributed by atoms with Crippen molar-refractivity contribution in [2.45, 2.75) is 98.4 Å². The Balaban J connectivity index is 4.92. The van der Waals surface area contributed by atoms with Crippen molar-refractivity contribution in [3.63, 3.8) is 0 Å². The van der Waals surface area contributed by atoms with Crippen LogP contribution in [-0.2, 0) is 57.3 Å². The summed E-state index contributed by atoms with van der Waals surface area (Å²) in [5.41, 5.74) is 0. The van der Waals surface area contributed by atoms with Crippen LogP contribution in [0.15, 0.2) is 0 Å². The zero-order valence-corrected chi connectivity index (χ0v) is 26.6. The lowest BCUT2D eigenvalue weighted by molar-refractivity contribution is -0.172. The third kappa shape index (κ3) is 17.8. The molecule has 4 atom stereocenters. The molecule has 0 heterocycles. The lowest BCUT2D eigenvalue weighted by atomic mass is 10.0. The van der Waals surface area contributed by atoms with Crippen molar-refractivity contribution in [2.24, 2.45) is 11.8 Å². The van der Waals surface area contributed by atoms with E-state index < -0.39 is 85.5 Å². The average molecular weight is 631 g/mol. The lowest BCUT2D eigenvalue weighted by Gasteiger charge is -2.21. The number of nitrogens with one attached hydrogen (secondary N) is 4. The van der Waals surface area contributed by atoms with Crippen molar-refractivity contribution in [2.75, 3.05) is 20.6 Å². The Labute approximate surface area is 257 Å². The molecule has 0 fully saturated rings. The first-order valence-corrected chi connectivity index (χ1v) is 14.2. The second-order valence-electron chi connectivity index (χ2n) is 10.9. The van der Waals surface area contributed by atoms with Gasteiger partial charge in [-0.05, 0) is 45.4 Å². The Kier molecular flexibility index (Phi) is 18.8. The number of ketones is 1. The van der Waals surface area contributed by atoms with E-state index in [9.17, 15) is 38.4 Å². The van der Waals surface area contributed by atoms with Crippen LogP contribution in [0.3, 0.4) is 0 Å². The van der Waals surface area contributed by atoms with Crippen LogP contribution in [0.25, 0.3) is 0 Å². The summed E-state index contributed by atoms with van der Waals surface area (Å²) >= 11 is 0. The summed E-state index contributed by atoms with van der Waals surface area (Å²) in [7, 11) is 1.35. The van der Waals surface area contributed by atoms with Crippen LogP contribution in [0.4, 0.5) is 0 Å². The van der Waals surface area contributed by atoms with Gasteiger partial charge in [0, 0.05) is 7.11 Å². The van der Waals surface area contributed by atoms with Crippen LogP contribution >= 0.6 is 0 Å². The number of hydrogen-bond donors (Lipinski definition) is 4. The molecule has 4 N–H and O–H groups in total. The Morgan fingerprint density at radius 2 is 1.07 bits per heavy atom. The standard InChI is InChI=1S/C28H46N4O12/c1-15(2)9-20(31-22(34)11-17(5)33)27(39)42-14-43-28(40)21(10-16(3)4)32-23(35)12-24(36)44-19(7)26(38)30-13-29-25(37)18(6)41-8/h15-16,18-21H,9-14H2,1-8H3,(H,29,37)(H,30,38)(H,31,34)(H,32,35). The number of carbonyl (C=O) groups excluding carboxylic acids is 8. The van der Waals surface area contributed by atoms with Crippen molar-refractivity contribution in [1.82, 2.24) is 21.3 Å². The van der Waals surface area contributed by atoms with Crippen LogP contribution in [0.5, 0.6) is 0 Å². The van der Waals surface area contributed by atoms with E-state index in [1.54, 1.807) is 13.8 Å². The average Bonchev–Trinajstić information content (AvgIpc) is 2.90. The van der Waals surface area contributed by atoms with Gasteiger partial charge < -0.3 is 40.2 Å². The summed E-state index contributed by atoms with van der Waals surface area (Å²) in [6.45, 7) is 10.2. The second-order valence-corrected chi connectivity index (χ2v) is 10.9. The van der Waals surface area contributed by atoms with E-state index in [0.717, 1.165) is 0 Å². The van der Waals surface area contributed by atoms with E-state index in [-0.39, 0.29) is 37.1 Å². The van der Waals surface area contributed by atoms with Crippen LogP contribution in [-0.4, -0.2) is 92.2 Å². The largest absolute Gasteiger partial charge is 0.452 e. The topological polar surface area (TPSA) is 222 Å². The molecule has 0 bridgehead atoms. The molecule has 0 radical (unpaired) electrons. The van der Waals surface area contributed by atoms with E-state index >= 15 is 0 Å². The molecule has 0 aliphatic rings. The number of carbonyl (C=O) groups is 8. The SMILES string of the molecule is COC(C)C(=O)NCNC(=O)C(C)OC(=O)CC(=O)NC(CC(C)C)C(=O)OCOC(=O)C(CC(C)C)NC(=O)CC(C)=O. The molecule has 250 valence electrons. The first kappa shape index (κ1) is 39.9. The molecule has 0 aliphatic heterocycles. The fourth-order valence-corrected chi connectivity index (χ4v) is 3.47. The summed E-state index contributed by atoms with van der Waals surface area (Å²) in [5.74, 6) is -6.07. The van der Waals surface area contributed by atoms with Gasteiger partial charge in [0.15, 0.2) is 6.10 Å². The third-order valence-corrected chi connectivity index (χ3v) is 5.70. The molecule has 0 aromatic heterocycles. The number of hydrogen-bond acceptors (Lipinski definition) is 12. The van der Waals surface area contributed by atoms with Crippen molar-refractivity contribution in [3.05, 3.63) is 0 Å². The minimum Gasteiger partial charge on any atom is -0.452 e. The highest BCUT2D eigenvalue weighted by molar-refractivity contribution is 5.98. The molecular weight excluding hydrogens is 584 g/mol. The number of rotatable bonds is 20. The number of methoxy groups -OCH3 is 1. The van der Waals surface area contributed by atoms with Gasteiger partial charge in [-0.2, -0.15) is 0 Å². The molecule has 0 aromatic carbocycles. The molecule has 0 saturated heterocycles. The number of Topliss-reactive ketones (excluding diaryl/α,β-unsaturated/α-hetero) is 1. The summed E-state index contributed by atoms with van der Waals surface area (Å²) in [6.07, 6.45) is -2.90. The van der Waals surface area contributed by atoms with Gasteiger partial charge in [0.2, 0.25) is 24.5 Å². The maximum absolute atomic E-state index is 12.7. The van der Waals surface area contributed by atoms with Crippen molar-refractivity contribution >= 4 is 47.3 Å². The predicted octanol–water partition coefficient (Wildman–Crippen LogP) is -0.382. The fourth-order valence-electron chi connectivity index (χ4n) is 3.47. The second kappa shape index (κ2) is 20.8. The van der Waals surface area contributed by atoms with Crippen LogP contribution in [0, 0.1) is 11.8 Å². The third-order valence-electron chi connectivity index (χ3n) is 5.70. The van der Waals surface area contributed by atoms with Gasteiger partial charge >= 0.3 is 17.9 Å². The predicted molar refractivity (Wildman–Crippen MR) is 153 cm³/mol. The zero-order chi connectivity index (χ0) is 34.0. The van der Waals surface area contributed by atoms with Gasteiger partial charge in [-0.1, -0.05) is 27.7 Å². The molecule has 4 amide bonds. The number of amides is 4. The van der Waals surface area contributed by atoms with Crippen LogP contribution < -0.4 is 21.3 Å². The monoisotopic (exact) mass is 630 g/mol. The summed E-state index contributed by atoms with van der Waals surface area (Å²) in [5, 5.41) is 9.55. The Morgan fingerprint density at radius 3 is 1.48 bits per heavy atom. The molecule has 4 unspecified atom stereocenters. The van der Waals surface area contributed by atoms with Gasteiger partial charge in [-0.3, -0.25) is 28.8 Å². The normalized spacial score (nSPS) is 13.5. The first-order valence-electron chi connectivity index (χ1n) is 14.2. The lowest BCUT2D eigenvalue weighted by Crippen LogP contribution is -2.46. The van der Waals surface area contributed by atoms with E-state index in [1.807, 2.05) is 13.8 Å². The van der Waals surface area contributed by atoms with E-state index in [2.05, 4.69) is 21.3 Å². The van der Waals surface area contributed by atoms with Crippen molar-refractivity contribution in [3.8, 4) is 0 Å². The Morgan fingerprint density at radius 1 is 0.636 bits per heavy atom. The first-order chi connectivity index (χ1) is 20.5. The van der Waals surface area contributed by atoms with Gasteiger partial charge in [0.1, 0.15) is 30.4 Å². The molecule has 44 heavy (non-hydrogen) atoms. The number of esters is 3. The van der Waals surface area contributed by atoms with Crippen molar-refractivity contribution < 1.29 is 57.3 Å². The molecule has 0 spiro atoms. The highest BCUT2D eigenvalue weighted by atomic mass is 16.7. The van der Waals surface area contributed by atoms with E-state index in [4.69, 9.17) is 18.9 Å². The fraction of sp³-hybridized carbons (Fsp3) is 0.714. The summed E-state index contributed by atoms with van der Waals surface area (Å²) in [6, 6.07) is -2.27. The zero-order valence-electron chi connectivity index (χ0n) is 26.6. The molecule has 0 saturated carbocycles. The molecule has 0 rings (SSSR count).